The first-order valence-corrected chi connectivity index (χ1v) is 10.8. The average molecular weight is 414 g/mol. The Bertz CT molecular complexity index is 849. The van der Waals surface area contributed by atoms with Gasteiger partial charge in [0.05, 0.1) is 13.1 Å². The van der Waals surface area contributed by atoms with Gasteiger partial charge in [0, 0.05) is 22.8 Å². The zero-order valence-corrected chi connectivity index (χ0v) is 17.1. The number of urea groups is 1. The Morgan fingerprint density at radius 3 is 2.25 bits per heavy atom. The number of thiophene rings is 2. The highest BCUT2D eigenvalue weighted by molar-refractivity contribution is 7.10. The molecule has 0 unspecified atom stereocenters. The summed E-state index contributed by atoms with van der Waals surface area (Å²) in [6.07, 6.45) is 0.814. The minimum Gasteiger partial charge on any atom is -0.336 e. The highest BCUT2D eigenvalue weighted by atomic mass is 32.1. The van der Waals surface area contributed by atoms with Crippen molar-refractivity contribution < 1.29 is 9.59 Å². The van der Waals surface area contributed by atoms with Crippen LogP contribution in [0.15, 0.2) is 65.4 Å². The average Bonchev–Trinajstić information content (AvgIpc) is 3.42. The number of hydrogen-bond acceptors (Lipinski definition) is 4. The van der Waals surface area contributed by atoms with Gasteiger partial charge in [-0.3, -0.25) is 4.79 Å². The normalized spacial score (nSPS) is 10.4. The first-order chi connectivity index (χ1) is 13.7. The fraction of sp³-hybridized carbons (Fsp3) is 0.238. The van der Waals surface area contributed by atoms with Crippen LogP contribution in [-0.2, 0) is 24.3 Å². The molecule has 0 bridgehead atoms. The molecule has 0 spiro atoms. The molecule has 0 saturated carbocycles. The van der Waals surface area contributed by atoms with Gasteiger partial charge in [-0.1, -0.05) is 42.5 Å². The van der Waals surface area contributed by atoms with Crippen molar-refractivity contribution in [3.63, 3.8) is 0 Å². The number of benzene rings is 1. The van der Waals surface area contributed by atoms with Gasteiger partial charge in [-0.15, -0.1) is 22.7 Å². The van der Waals surface area contributed by atoms with Crippen LogP contribution in [0.2, 0.25) is 0 Å². The molecule has 2 heterocycles. The van der Waals surface area contributed by atoms with E-state index in [4.69, 9.17) is 0 Å². The largest absolute Gasteiger partial charge is 0.336 e. The van der Waals surface area contributed by atoms with E-state index >= 15 is 0 Å². The van der Waals surface area contributed by atoms with E-state index in [-0.39, 0.29) is 18.5 Å². The molecule has 3 rings (SSSR count). The van der Waals surface area contributed by atoms with Crippen molar-refractivity contribution in [2.45, 2.75) is 19.5 Å². The number of nitrogens with one attached hydrogen (secondary N) is 2. The lowest BCUT2D eigenvalue weighted by Gasteiger charge is -2.22. The molecule has 0 aliphatic carbocycles. The van der Waals surface area contributed by atoms with E-state index in [2.05, 4.69) is 16.7 Å². The molecule has 28 heavy (non-hydrogen) atoms. The molecule has 0 aliphatic heterocycles. The lowest BCUT2D eigenvalue weighted by atomic mass is 10.2. The summed E-state index contributed by atoms with van der Waals surface area (Å²) in [5.41, 5.74) is 1.01. The van der Waals surface area contributed by atoms with Crippen molar-refractivity contribution in [2.75, 3.05) is 13.1 Å². The molecule has 0 radical (unpaired) electrons. The van der Waals surface area contributed by atoms with Gasteiger partial charge in [0.2, 0.25) is 5.91 Å². The molecular formula is C21H23N3O2S2. The molecular weight excluding hydrogens is 390 g/mol. The highest BCUT2D eigenvalue weighted by Crippen LogP contribution is 2.14. The van der Waals surface area contributed by atoms with Crippen molar-refractivity contribution in [1.29, 1.82) is 0 Å². The molecule has 3 amide bonds. The third-order valence-corrected chi connectivity index (χ3v) is 5.98. The van der Waals surface area contributed by atoms with Gasteiger partial charge in [-0.05, 0) is 34.9 Å². The van der Waals surface area contributed by atoms with E-state index in [9.17, 15) is 9.59 Å². The highest BCUT2D eigenvalue weighted by Gasteiger charge is 2.16. The second-order valence-corrected chi connectivity index (χ2v) is 8.31. The van der Waals surface area contributed by atoms with Crippen LogP contribution in [0.4, 0.5) is 4.79 Å². The monoisotopic (exact) mass is 413 g/mol. The number of amides is 3. The summed E-state index contributed by atoms with van der Waals surface area (Å²) in [5.74, 6) is -0.0835. The van der Waals surface area contributed by atoms with Gasteiger partial charge in [0.1, 0.15) is 0 Å². The Morgan fingerprint density at radius 2 is 1.57 bits per heavy atom. The summed E-state index contributed by atoms with van der Waals surface area (Å²) >= 11 is 3.32. The maximum absolute atomic E-state index is 12.7. The quantitative estimate of drug-likeness (QED) is 0.559. The van der Waals surface area contributed by atoms with Crippen LogP contribution >= 0.6 is 22.7 Å². The summed E-state index contributed by atoms with van der Waals surface area (Å²) in [6.45, 7) is 1.61. The number of rotatable bonds is 9. The van der Waals surface area contributed by atoms with Crippen molar-refractivity contribution in [1.82, 2.24) is 15.5 Å². The topological polar surface area (TPSA) is 61.4 Å². The van der Waals surface area contributed by atoms with Crippen molar-refractivity contribution in [3.05, 3.63) is 80.7 Å². The second kappa shape index (κ2) is 10.6. The molecule has 0 aliphatic rings. The molecule has 0 saturated heterocycles. The van der Waals surface area contributed by atoms with Crippen LogP contribution in [-0.4, -0.2) is 29.9 Å². The van der Waals surface area contributed by atoms with Gasteiger partial charge >= 0.3 is 6.03 Å². The van der Waals surface area contributed by atoms with Crippen LogP contribution in [0.25, 0.3) is 0 Å². The molecule has 0 fully saturated rings. The standard InChI is InChI=1S/C21H23N3O2S2/c25-20(15-23-21(26)22-14-17-6-2-1-3-7-17)24(16-19-9-5-13-28-19)11-10-18-8-4-12-27-18/h1-9,12-13H,10-11,14-16H2,(H2,22,23,26). The van der Waals surface area contributed by atoms with Crippen LogP contribution in [0.1, 0.15) is 15.3 Å². The molecule has 5 nitrogen and oxygen atoms in total. The summed E-state index contributed by atoms with van der Waals surface area (Å²) in [5, 5.41) is 9.49. The smallest absolute Gasteiger partial charge is 0.315 e. The summed E-state index contributed by atoms with van der Waals surface area (Å²) < 4.78 is 0. The lowest BCUT2D eigenvalue weighted by Crippen LogP contribution is -2.43. The zero-order valence-electron chi connectivity index (χ0n) is 15.5. The van der Waals surface area contributed by atoms with Crippen LogP contribution in [0.5, 0.6) is 0 Å². The number of hydrogen-bond donors (Lipinski definition) is 2. The van der Waals surface area contributed by atoms with E-state index in [1.807, 2.05) is 64.2 Å². The number of nitrogens with zero attached hydrogens (tertiary/aromatic N) is 1. The Hall–Kier alpha value is -2.64. The SMILES string of the molecule is O=C(NCC(=O)N(CCc1cccs1)Cc1cccs1)NCc1ccccc1. The third-order valence-electron chi connectivity index (χ3n) is 4.18. The first-order valence-electron chi connectivity index (χ1n) is 9.09. The zero-order chi connectivity index (χ0) is 19.6. The van der Waals surface area contributed by atoms with Crippen LogP contribution in [0.3, 0.4) is 0 Å². The second-order valence-electron chi connectivity index (χ2n) is 6.25. The molecule has 146 valence electrons. The molecule has 2 aromatic heterocycles. The van der Waals surface area contributed by atoms with Crippen molar-refractivity contribution in [2.24, 2.45) is 0 Å². The predicted molar refractivity (Wildman–Crippen MR) is 114 cm³/mol. The van der Waals surface area contributed by atoms with Gasteiger partial charge in [0.25, 0.3) is 0 Å². The maximum Gasteiger partial charge on any atom is 0.315 e. The molecule has 7 heteroatoms. The Morgan fingerprint density at radius 1 is 0.857 bits per heavy atom. The van der Waals surface area contributed by atoms with Crippen molar-refractivity contribution >= 4 is 34.6 Å². The third kappa shape index (κ3) is 6.51. The van der Waals surface area contributed by atoms with Gasteiger partial charge in [-0.25, -0.2) is 4.79 Å². The van der Waals surface area contributed by atoms with E-state index < -0.39 is 0 Å². The van der Waals surface area contributed by atoms with E-state index in [1.165, 1.54) is 4.88 Å². The van der Waals surface area contributed by atoms with Gasteiger partial charge in [0.15, 0.2) is 0 Å². The predicted octanol–water partition coefficient (Wildman–Crippen LogP) is 3.88. The Balaban J connectivity index is 1.48. The molecule has 2 N–H and O–H groups in total. The number of carbonyl (C=O) groups excluding carboxylic acids is 2. The van der Waals surface area contributed by atoms with Crippen LogP contribution in [0, 0.1) is 0 Å². The minimum atomic E-state index is -0.341. The minimum absolute atomic E-state index is 0.0174. The number of carbonyl (C=O) groups is 2. The Kier molecular flexibility index (Phi) is 7.63. The lowest BCUT2D eigenvalue weighted by molar-refractivity contribution is -0.130. The molecule has 0 atom stereocenters. The maximum atomic E-state index is 12.7. The Labute approximate surface area is 173 Å². The summed E-state index contributed by atoms with van der Waals surface area (Å²) in [4.78, 5) is 28.9. The van der Waals surface area contributed by atoms with Gasteiger partial charge in [-0.2, -0.15) is 0 Å². The van der Waals surface area contributed by atoms with Crippen molar-refractivity contribution in [3.8, 4) is 0 Å². The molecule has 1 aromatic carbocycles. The van der Waals surface area contributed by atoms with E-state index in [0.717, 1.165) is 16.9 Å². The molecule has 3 aromatic rings. The summed E-state index contributed by atoms with van der Waals surface area (Å²) in [7, 11) is 0. The van der Waals surface area contributed by atoms with Crippen LogP contribution < -0.4 is 10.6 Å². The first kappa shape index (κ1) is 20.1. The van der Waals surface area contributed by atoms with E-state index in [1.54, 1.807) is 22.7 Å². The van der Waals surface area contributed by atoms with Gasteiger partial charge < -0.3 is 15.5 Å². The van der Waals surface area contributed by atoms with E-state index in [0.29, 0.717) is 19.6 Å². The summed E-state index contributed by atoms with van der Waals surface area (Å²) in [6, 6.07) is 17.4. The fourth-order valence-electron chi connectivity index (χ4n) is 2.69. The fourth-order valence-corrected chi connectivity index (χ4v) is 4.11.